The van der Waals surface area contributed by atoms with Crippen LogP contribution >= 0.6 is 46.6 Å². The number of morpholine rings is 1. The molecular formula is C20H20Cl3NO2S. The third-order valence-corrected chi connectivity index (χ3v) is 6.41. The number of hydrogen-bond donors (Lipinski definition) is 0. The van der Waals surface area contributed by atoms with Crippen LogP contribution < -0.4 is 0 Å². The first-order chi connectivity index (χ1) is 13.0. The summed E-state index contributed by atoms with van der Waals surface area (Å²) < 4.78 is 5.90. The van der Waals surface area contributed by atoms with Crippen LogP contribution in [0, 0.1) is 0 Å². The zero-order chi connectivity index (χ0) is 19.2. The molecule has 1 atom stereocenters. The summed E-state index contributed by atoms with van der Waals surface area (Å²) in [5.74, 6) is 0.720. The lowest BCUT2D eigenvalue weighted by Crippen LogP contribution is -2.39. The van der Waals surface area contributed by atoms with Crippen molar-refractivity contribution in [3.63, 3.8) is 0 Å². The van der Waals surface area contributed by atoms with E-state index in [1.165, 1.54) is 0 Å². The minimum absolute atomic E-state index is 0.0150. The maximum Gasteiger partial charge on any atom is 0.222 e. The molecule has 1 heterocycles. The smallest absolute Gasteiger partial charge is 0.222 e. The molecule has 0 N–H and O–H groups in total. The Hall–Kier alpha value is -0.750. The molecule has 0 aliphatic carbocycles. The Morgan fingerprint density at radius 2 is 1.85 bits per heavy atom. The van der Waals surface area contributed by atoms with Crippen LogP contribution in [0.15, 0.2) is 47.4 Å². The average Bonchev–Trinajstić information content (AvgIpc) is 2.67. The topological polar surface area (TPSA) is 29.5 Å². The van der Waals surface area contributed by atoms with Crippen molar-refractivity contribution in [1.29, 1.82) is 0 Å². The van der Waals surface area contributed by atoms with Gasteiger partial charge in [-0.2, -0.15) is 0 Å². The van der Waals surface area contributed by atoms with Crippen molar-refractivity contribution in [1.82, 2.24) is 4.90 Å². The van der Waals surface area contributed by atoms with E-state index in [-0.39, 0.29) is 11.3 Å². The maximum atomic E-state index is 11.0. The fourth-order valence-corrected chi connectivity index (χ4v) is 4.68. The number of thioether (sulfide) groups is 1. The first-order valence-electron chi connectivity index (χ1n) is 8.71. The van der Waals surface area contributed by atoms with Crippen LogP contribution in [0.25, 0.3) is 0 Å². The molecule has 0 radical (unpaired) electrons. The van der Waals surface area contributed by atoms with Crippen molar-refractivity contribution in [3.05, 3.63) is 63.6 Å². The second kappa shape index (κ2) is 10.1. The standard InChI is InChI=1S/C20H20Cl3NO2S/c21-17-2-1-3-18(22)16(17)13-27-15-6-4-14(5-7-15)19-12-24(10-11-26-19)9-8-20(23)25/h1-7,19H,8-13H2. The van der Waals surface area contributed by atoms with Crippen LogP contribution in [0.4, 0.5) is 0 Å². The highest BCUT2D eigenvalue weighted by molar-refractivity contribution is 7.98. The number of halogens is 3. The van der Waals surface area contributed by atoms with Crippen molar-refractivity contribution in [2.45, 2.75) is 23.2 Å². The summed E-state index contributed by atoms with van der Waals surface area (Å²) in [7, 11) is 0. The van der Waals surface area contributed by atoms with Crippen LogP contribution in [0.2, 0.25) is 10.0 Å². The van der Waals surface area contributed by atoms with E-state index < -0.39 is 0 Å². The SMILES string of the molecule is O=C(Cl)CCN1CCOC(c2ccc(SCc3c(Cl)cccc3Cl)cc2)C1. The molecule has 2 aromatic carbocycles. The molecule has 1 fully saturated rings. The van der Waals surface area contributed by atoms with Gasteiger partial charge < -0.3 is 4.74 Å². The lowest BCUT2D eigenvalue weighted by molar-refractivity contribution is -0.112. The highest BCUT2D eigenvalue weighted by atomic mass is 35.5. The average molecular weight is 445 g/mol. The van der Waals surface area contributed by atoms with E-state index in [1.807, 2.05) is 18.2 Å². The van der Waals surface area contributed by atoms with Gasteiger partial charge in [-0.25, -0.2) is 0 Å². The molecule has 0 bridgehead atoms. The minimum Gasteiger partial charge on any atom is -0.371 e. The maximum absolute atomic E-state index is 11.0. The molecule has 7 heteroatoms. The molecule has 2 aromatic rings. The first kappa shape index (κ1) is 21.0. The van der Waals surface area contributed by atoms with E-state index in [4.69, 9.17) is 39.5 Å². The minimum atomic E-state index is -0.293. The second-order valence-electron chi connectivity index (χ2n) is 6.32. The number of carbonyl (C=O) groups excluding carboxylic acids is 1. The molecule has 3 rings (SSSR count). The van der Waals surface area contributed by atoms with Gasteiger partial charge >= 0.3 is 0 Å². The van der Waals surface area contributed by atoms with Gasteiger partial charge in [-0.3, -0.25) is 9.69 Å². The van der Waals surface area contributed by atoms with Crippen LogP contribution in [-0.4, -0.2) is 36.4 Å². The van der Waals surface area contributed by atoms with Gasteiger partial charge in [-0.05, 0) is 47.0 Å². The molecule has 1 aliphatic heterocycles. The van der Waals surface area contributed by atoms with Crippen molar-refractivity contribution >= 4 is 51.8 Å². The largest absolute Gasteiger partial charge is 0.371 e. The lowest BCUT2D eigenvalue weighted by atomic mass is 10.1. The van der Waals surface area contributed by atoms with Gasteiger partial charge in [0.05, 0.1) is 12.7 Å². The summed E-state index contributed by atoms with van der Waals surface area (Å²) >= 11 is 19.6. The number of ether oxygens (including phenoxy) is 1. The summed E-state index contributed by atoms with van der Waals surface area (Å²) in [5, 5.41) is 1.09. The lowest BCUT2D eigenvalue weighted by Gasteiger charge is -2.32. The van der Waals surface area contributed by atoms with Crippen molar-refractivity contribution < 1.29 is 9.53 Å². The Balaban J connectivity index is 1.57. The molecule has 144 valence electrons. The predicted molar refractivity (Wildman–Crippen MR) is 113 cm³/mol. The van der Waals surface area contributed by atoms with E-state index in [2.05, 4.69) is 29.2 Å². The van der Waals surface area contributed by atoms with E-state index in [1.54, 1.807) is 11.8 Å². The number of nitrogens with zero attached hydrogens (tertiary/aromatic N) is 1. The fraction of sp³-hybridized carbons (Fsp3) is 0.350. The van der Waals surface area contributed by atoms with Gasteiger partial charge in [0.25, 0.3) is 0 Å². The summed E-state index contributed by atoms with van der Waals surface area (Å²) in [6, 6.07) is 13.9. The first-order valence-corrected chi connectivity index (χ1v) is 10.8. The summed E-state index contributed by atoms with van der Waals surface area (Å²) in [6.07, 6.45) is 0.385. The highest BCUT2D eigenvalue weighted by Gasteiger charge is 2.22. The monoisotopic (exact) mass is 443 g/mol. The second-order valence-corrected chi connectivity index (χ2v) is 8.61. The molecule has 1 unspecified atom stereocenters. The molecular weight excluding hydrogens is 425 g/mol. The van der Waals surface area contributed by atoms with Gasteiger partial charge in [0, 0.05) is 46.7 Å². The van der Waals surface area contributed by atoms with Crippen LogP contribution in [-0.2, 0) is 15.3 Å². The molecule has 0 aromatic heterocycles. The van der Waals surface area contributed by atoms with Gasteiger partial charge in [0.15, 0.2) is 0 Å². The highest BCUT2D eigenvalue weighted by Crippen LogP contribution is 2.32. The third kappa shape index (κ3) is 6.11. The van der Waals surface area contributed by atoms with Gasteiger partial charge in [-0.1, -0.05) is 41.4 Å². The number of hydrogen-bond acceptors (Lipinski definition) is 4. The van der Waals surface area contributed by atoms with E-state index >= 15 is 0 Å². The summed E-state index contributed by atoms with van der Waals surface area (Å²) in [6.45, 7) is 2.93. The quantitative estimate of drug-likeness (QED) is 0.398. The van der Waals surface area contributed by atoms with Gasteiger partial charge in [0.2, 0.25) is 5.24 Å². The number of carbonyl (C=O) groups is 1. The molecule has 1 aliphatic rings. The Labute approximate surface area is 178 Å². The molecule has 27 heavy (non-hydrogen) atoms. The van der Waals surface area contributed by atoms with Crippen molar-refractivity contribution in [2.24, 2.45) is 0 Å². The number of benzene rings is 2. The zero-order valence-corrected chi connectivity index (χ0v) is 17.8. The zero-order valence-electron chi connectivity index (χ0n) is 14.7. The van der Waals surface area contributed by atoms with Crippen LogP contribution in [0.1, 0.15) is 23.7 Å². The van der Waals surface area contributed by atoms with Crippen molar-refractivity contribution in [3.8, 4) is 0 Å². The van der Waals surface area contributed by atoms with Gasteiger partial charge in [0.1, 0.15) is 0 Å². The predicted octanol–water partition coefficient (Wildman–Crippen LogP) is 5.81. The fourth-order valence-electron chi connectivity index (χ4n) is 2.96. The Bertz CT molecular complexity index is 765. The molecule has 3 nitrogen and oxygen atoms in total. The Morgan fingerprint density at radius 1 is 1.15 bits per heavy atom. The summed E-state index contributed by atoms with van der Waals surface area (Å²) in [5.41, 5.74) is 2.09. The van der Waals surface area contributed by atoms with Crippen molar-refractivity contribution in [2.75, 3.05) is 26.2 Å². The van der Waals surface area contributed by atoms with Crippen LogP contribution in [0.5, 0.6) is 0 Å². The van der Waals surface area contributed by atoms with Crippen LogP contribution in [0.3, 0.4) is 0 Å². The Morgan fingerprint density at radius 3 is 2.52 bits per heavy atom. The van der Waals surface area contributed by atoms with E-state index in [9.17, 15) is 4.79 Å². The molecule has 0 spiro atoms. The molecule has 0 amide bonds. The number of rotatable bonds is 7. The molecule has 0 saturated carbocycles. The van der Waals surface area contributed by atoms with E-state index in [0.717, 1.165) is 34.9 Å². The van der Waals surface area contributed by atoms with E-state index in [0.29, 0.717) is 29.6 Å². The third-order valence-electron chi connectivity index (χ3n) is 4.47. The van der Waals surface area contributed by atoms with Gasteiger partial charge in [-0.15, -0.1) is 11.8 Å². The Kier molecular flexibility index (Phi) is 7.88. The normalized spacial score (nSPS) is 17.8. The molecule has 1 saturated heterocycles. The summed E-state index contributed by atoms with van der Waals surface area (Å²) in [4.78, 5) is 14.3.